The number of nitrogens with zero attached hydrogens (tertiary/aromatic N) is 4. The SMILES string of the molecule is COc1ccc(-c2noc(CN(C)CC(=O)N3CCOCC3)n2)cc1. The van der Waals surface area contributed by atoms with Gasteiger partial charge < -0.3 is 18.9 Å². The fourth-order valence-electron chi connectivity index (χ4n) is 2.61. The maximum absolute atomic E-state index is 12.2. The third kappa shape index (κ3) is 4.55. The van der Waals surface area contributed by atoms with Gasteiger partial charge >= 0.3 is 0 Å². The number of carbonyl (C=O) groups excluding carboxylic acids is 1. The van der Waals surface area contributed by atoms with Gasteiger partial charge in [0.15, 0.2) is 0 Å². The summed E-state index contributed by atoms with van der Waals surface area (Å²) in [5, 5.41) is 4.00. The number of ether oxygens (including phenoxy) is 2. The van der Waals surface area contributed by atoms with Crippen LogP contribution < -0.4 is 4.74 Å². The fraction of sp³-hybridized carbons (Fsp3) is 0.471. The average molecular weight is 346 g/mol. The van der Waals surface area contributed by atoms with Crippen LogP contribution in [0.15, 0.2) is 28.8 Å². The topological polar surface area (TPSA) is 80.9 Å². The molecule has 0 unspecified atom stereocenters. The third-order valence-corrected chi connectivity index (χ3v) is 3.99. The number of carbonyl (C=O) groups is 1. The van der Waals surface area contributed by atoms with Crippen molar-refractivity contribution in [3.05, 3.63) is 30.2 Å². The van der Waals surface area contributed by atoms with Gasteiger partial charge in [-0.2, -0.15) is 4.98 Å². The van der Waals surface area contributed by atoms with Gasteiger partial charge in [0.25, 0.3) is 0 Å². The quantitative estimate of drug-likeness (QED) is 0.773. The largest absolute Gasteiger partial charge is 0.497 e. The van der Waals surface area contributed by atoms with Crippen LogP contribution in [-0.2, 0) is 16.1 Å². The Morgan fingerprint density at radius 3 is 2.68 bits per heavy atom. The van der Waals surface area contributed by atoms with Crippen molar-refractivity contribution in [2.75, 3.05) is 47.0 Å². The Labute approximate surface area is 146 Å². The van der Waals surface area contributed by atoms with Crippen LogP contribution >= 0.6 is 0 Å². The minimum atomic E-state index is 0.0840. The zero-order chi connectivity index (χ0) is 17.6. The highest BCUT2D eigenvalue weighted by Crippen LogP contribution is 2.20. The molecule has 0 atom stereocenters. The predicted octanol–water partition coefficient (Wildman–Crippen LogP) is 1.04. The molecule has 0 bridgehead atoms. The molecule has 1 aliphatic rings. The summed E-state index contributed by atoms with van der Waals surface area (Å²) in [5.41, 5.74) is 0.850. The van der Waals surface area contributed by atoms with Crippen LogP contribution in [-0.4, -0.2) is 72.9 Å². The Hall–Kier alpha value is -2.45. The summed E-state index contributed by atoms with van der Waals surface area (Å²) in [4.78, 5) is 20.3. The van der Waals surface area contributed by atoms with Crippen LogP contribution in [0, 0.1) is 0 Å². The maximum Gasteiger partial charge on any atom is 0.241 e. The molecule has 8 heteroatoms. The van der Waals surface area contributed by atoms with Crippen molar-refractivity contribution in [1.29, 1.82) is 0 Å². The number of likely N-dealkylation sites (N-methyl/N-ethyl adjacent to an activating group) is 1. The van der Waals surface area contributed by atoms with Crippen molar-refractivity contribution in [3.63, 3.8) is 0 Å². The summed E-state index contributed by atoms with van der Waals surface area (Å²) in [6.45, 7) is 3.22. The highest BCUT2D eigenvalue weighted by molar-refractivity contribution is 5.78. The molecule has 3 rings (SSSR count). The first kappa shape index (κ1) is 17.4. The standard InChI is InChI=1S/C17H22N4O4/c1-20(12-16(22)21-7-9-24-10-8-21)11-15-18-17(19-25-15)13-3-5-14(23-2)6-4-13/h3-6H,7-12H2,1-2H3. The monoisotopic (exact) mass is 346 g/mol. The first-order valence-electron chi connectivity index (χ1n) is 8.17. The van der Waals surface area contributed by atoms with Gasteiger partial charge in [-0.3, -0.25) is 9.69 Å². The van der Waals surface area contributed by atoms with Gasteiger partial charge in [0, 0.05) is 18.7 Å². The van der Waals surface area contributed by atoms with E-state index in [1.807, 2.05) is 41.1 Å². The Bertz CT molecular complexity index is 695. The molecule has 2 aromatic rings. The second kappa shape index (κ2) is 8.09. The number of hydrogen-bond donors (Lipinski definition) is 0. The molecule has 25 heavy (non-hydrogen) atoms. The summed E-state index contributed by atoms with van der Waals surface area (Å²) in [6.07, 6.45) is 0. The van der Waals surface area contributed by atoms with Gasteiger partial charge in [0.2, 0.25) is 17.6 Å². The fourth-order valence-corrected chi connectivity index (χ4v) is 2.61. The van der Waals surface area contributed by atoms with Gasteiger partial charge in [-0.05, 0) is 31.3 Å². The van der Waals surface area contributed by atoms with E-state index >= 15 is 0 Å². The Morgan fingerprint density at radius 2 is 2.00 bits per heavy atom. The third-order valence-electron chi connectivity index (χ3n) is 3.99. The zero-order valence-electron chi connectivity index (χ0n) is 14.5. The molecule has 0 aliphatic carbocycles. The summed E-state index contributed by atoms with van der Waals surface area (Å²) in [6, 6.07) is 7.44. The highest BCUT2D eigenvalue weighted by Gasteiger charge is 2.19. The zero-order valence-corrected chi connectivity index (χ0v) is 14.5. The number of amides is 1. The smallest absolute Gasteiger partial charge is 0.241 e. The second-order valence-corrected chi connectivity index (χ2v) is 5.91. The molecule has 0 N–H and O–H groups in total. The summed E-state index contributed by atoms with van der Waals surface area (Å²) >= 11 is 0. The molecule has 1 aliphatic heterocycles. The van der Waals surface area contributed by atoms with Crippen LogP contribution in [0.3, 0.4) is 0 Å². The maximum atomic E-state index is 12.2. The predicted molar refractivity (Wildman–Crippen MR) is 90.0 cm³/mol. The Morgan fingerprint density at radius 1 is 1.28 bits per heavy atom. The van der Waals surface area contributed by atoms with Crippen molar-refractivity contribution < 1.29 is 18.8 Å². The molecule has 8 nitrogen and oxygen atoms in total. The molecular formula is C17H22N4O4. The van der Waals surface area contributed by atoms with Gasteiger partial charge in [-0.25, -0.2) is 0 Å². The van der Waals surface area contributed by atoms with Gasteiger partial charge in [0.05, 0.1) is 33.4 Å². The number of rotatable bonds is 6. The van der Waals surface area contributed by atoms with E-state index in [0.29, 0.717) is 51.1 Å². The summed E-state index contributed by atoms with van der Waals surface area (Å²) < 4.78 is 15.7. The van der Waals surface area contributed by atoms with Crippen LogP contribution in [0.2, 0.25) is 0 Å². The minimum absolute atomic E-state index is 0.0840. The van der Waals surface area contributed by atoms with Crippen molar-refractivity contribution >= 4 is 5.91 Å². The molecule has 1 fully saturated rings. The number of benzene rings is 1. The lowest BCUT2D eigenvalue weighted by atomic mass is 10.2. The highest BCUT2D eigenvalue weighted by atomic mass is 16.5. The first-order valence-corrected chi connectivity index (χ1v) is 8.17. The lowest BCUT2D eigenvalue weighted by molar-refractivity contribution is -0.136. The molecule has 0 saturated carbocycles. The van der Waals surface area contributed by atoms with Gasteiger partial charge in [0.1, 0.15) is 5.75 Å². The molecule has 134 valence electrons. The minimum Gasteiger partial charge on any atom is -0.497 e. The van der Waals surface area contributed by atoms with Crippen molar-refractivity contribution in [3.8, 4) is 17.1 Å². The van der Waals surface area contributed by atoms with Crippen LogP contribution in [0.4, 0.5) is 0 Å². The second-order valence-electron chi connectivity index (χ2n) is 5.91. The molecule has 1 saturated heterocycles. The molecule has 2 heterocycles. The average Bonchev–Trinajstić information content (AvgIpc) is 3.10. The van der Waals surface area contributed by atoms with Crippen LogP contribution in [0.5, 0.6) is 5.75 Å². The van der Waals surface area contributed by atoms with Crippen molar-refractivity contribution in [2.45, 2.75) is 6.54 Å². The Kier molecular flexibility index (Phi) is 5.62. The van der Waals surface area contributed by atoms with E-state index in [1.54, 1.807) is 7.11 Å². The Balaban J connectivity index is 1.55. The normalized spacial score (nSPS) is 14.8. The van der Waals surface area contributed by atoms with Crippen LogP contribution in [0.1, 0.15) is 5.89 Å². The number of morpholine rings is 1. The van der Waals surface area contributed by atoms with E-state index in [0.717, 1.165) is 11.3 Å². The van der Waals surface area contributed by atoms with Crippen molar-refractivity contribution in [2.24, 2.45) is 0 Å². The van der Waals surface area contributed by atoms with E-state index < -0.39 is 0 Å². The van der Waals surface area contributed by atoms with E-state index in [9.17, 15) is 4.79 Å². The number of methoxy groups -OCH3 is 1. The molecule has 1 amide bonds. The molecule has 0 radical (unpaired) electrons. The number of hydrogen-bond acceptors (Lipinski definition) is 7. The molecule has 1 aromatic heterocycles. The first-order chi connectivity index (χ1) is 12.2. The van der Waals surface area contributed by atoms with E-state index in [4.69, 9.17) is 14.0 Å². The lowest BCUT2D eigenvalue weighted by Gasteiger charge is -2.28. The van der Waals surface area contributed by atoms with E-state index in [1.165, 1.54) is 0 Å². The molecule has 0 spiro atoms. The van der Waals surface area contributed by atoms with Crippen LogP contribution in [0.25, 0.3) is 11.4 Å². The van der Waals surface area contributed by atoms with Gasteiger partial charge in [-0.1, -0.05) is 5.16 Å². The summed E-state index contributed by atoms with van der Waals surface area (Å²) in [5.74, 6) is 1.85. The van der Waals surface area contributed by atoms with Crippen molar-refractivity contribution in [1.82, 2.24) is 19.9 Å². The molecule has 1 aromatic carbocycles. The van der Waals surface area contributed by atoms with E-state index in [2.05, 4.69) is 10.1 Å². The lowest BCUT2D eigenvalue weighted by Crippen LogP contribution is -2.44. The summed E-state index contributed by atoms with van der Waals surface area (Å²) in [7, 11) is 3.48. The van der Waals surface area contributed by atoms with Gasteiger partial charge in [-0.15, -0.1) is 0 Å². The van der Waals surface area contributed by atoms with E-state index in [-0.39, 0.29) is 5.91 Å². The number of aromatic nitrogens is 2. The molecular weight excluding hydrogens is 324 g/mol.